The fraction of sp³-hybridized carbons (Fsp3) is 0.625. The number of hydrogen-bond acceptors (Lipinski definition) is 2. The molecule has 0 heterocycles. The molecule has 28 heavy (non-hydrogen) atoms. The van der Waals surface area contributed by atoms with E-state index in [-0.39, 0.29) is 23.6 Å². The van der Waals surface area contributed by atoms with Gasteiger partial charge in [0.05, 0.1) is 6.10 Å². The molecular weight excluding hydrogens is 372 g/mol. The third-order valence-corrected chi connectivity index (χ3v) is 6.33. The number of carboxylic acids is 1. The molecule has 2 rings (SSSR count). The van der Waals surface area contributed by atoms with Gasteiger partial charge in [0.15, 0.2) is 0 Å². The van der Waals surface area contributed by atoms with Crippen LogP contribution in [0.25, 0.3) is 0 Å². The summed E-state index contributed by atoms with van der Waals surface area (Å²) in [5.74, 6) is -0.467. The maximum Gasteiger partial charge on any atom is 0.303 e. The van der Waals surface area contributed by atoms with E-state index in [0.29, 0.717) is 12.8 Å². The standard InChI is InChI=1S/C24H35ClO3/c1-2-3-4-7-10-18-13-15-19(16-14-18)24-20(21(25)17-22(24)26)11-8-5-6-9-12-23(27)28/h5,8,13-16,20-22,24,26H,2-4,6-7,9-12,17H2,1H3,(H,27,28)/t20-,21+,22?,24+/m0/s1. The Hall–Kier alpha value is -1.32. The van der Waals surface area contributed by atoms with E-state index in [9.17, 15) is 9.90 Å². The molecule has 0 amide bonds. The Labute approximate surface area is 174 Å². The number of alkyl halides is 1. The lowest BCUT2D eigenvalue weighted by Crippen LogP contribution is -2.18. The van der Waals surface area contributed by atoms with Gasteiger partial charge in [-0.2, -0.15) is 0 Å². The maximum atomic E-state index is 10.6. The van der Waals surface area contributed by atoms with Crippen molar-refractivity contribution in [1.82, 2.24) is 0 Å². The highest BCUT2D eigenvalue weighted by molar-refractivity contribution is 6.21. The molecule has 0 bridgehead atoms. The van der Waals surface area contributed by atoms with Gasteiger partial charge in [0.2, 0.25) is 0 Å². The molecule has 1 aliphatic carbocycles. The van der Waals surface area contributed by atoms with Gasteiger partial charge in [-0.25, -0.2) is 0 Å². The first-order chi connectivity index (χ1) is 13.5. The van der Waals surface area contributed by atoms with Crippen LogP contribution in [0.2, 0.25) is 0 Å². The number of aryl methyl sites for hydroxylation is 1. The molecular formula is C24H35ClO3. The van der Waals surface area contributed by atoms with Crippen LogP contribution in [0.3, 0.4) is 0 Å². The molecule has 4 heteroatoms. The lowest BCUT2D eigenvalue weighted by molar-refractivity contribution is -0.137. The second kappa shape index (κ2) is 12.3. The minimum atomic E-state index is -0.748. The van der Waals surface area contributed by atoms with E-state index >= 15 is 0 Å². The van der Waals surface area contributed by atoms with E-state index in [0.717, 1.165) is 19.3 Å². The summed E-state index contributed by atoms with van der Waals surface area (Å²) < 4.78 is 0. The van der Waals surface area contributed by atoms with Crippen LogP contribution in [0.15, 0.2) is 36.4 Å². The number of aliphatic carboxylic acids is 1. The number of hydrogen-bond donors (Lipinski definition) is 2. The molecule has 156 valence electrons. The predicted octanol–water partition coefficient (Wildman–Crippen LogP) is 6.08. The number of allylic oxidation sites excluding steroid dienone is 2. The summed E-state index contributed by atoms with van der Waals surface area (Å²) in [7, 11) is 0. The fourth-order valence-corrected chi connectivity index (χ4v) is 4.67. The first-order valence-electron chi connectivity index (χ1n) is 10.8. The summed E-state index contributed by atoms with van der Waals surface area (Å²) in [6, 6.07) is 8.74. The van der Waals surface area contributed by atoms with E-state index in [1.807, 2.05) is 6.08 Å². The van der Waals surface area contributed by atoms with Crippen molar-refractivity contribution in [2.45, 2.75) is 88.5 Å². The maximum absolute atomic E-state index is 10.6. The summed E-state index contributed by atoms with van der Waals surface area (Å²) in [6.45, 7) is 2.23. The van der Waals surface area contributed by atoms with E-state index in [4.69, 9.17) is 16.7 Å². The summed E-state index contributed by atoms with van der Waals surface area (Å²) in [5.41, 5.74) is 2.54. The number of carbonyl (C=O) groups is 1. The second-order valence-corrected chi connectivity index (χ2v) is 8.61. The molecule has 0 spiro atoms. The lowest BCUT2D eigenvalue weighted by atomic mass is 9.85. The van der Waals surface area contributed by atoms with Crippen LogP contribution in [0, 0.1) is 5.92 Å². The average Bonchev–Trinajstić information content (AvgIpc) is 2.95. The van der Waals surface area contributed by atoms with Gasteiger partial charge in [-0.15, -0.1) is 11.6 Å². The van der Waals surface area contributed by atoms with Crippen LogP contribution in [-0.2, 0) is 11.2 Å². The third-order valence-electron chi connectivity index (χ3n) is 5.83. The Balaban J connectivity index is 1.91. The highest BCUT2D eigenvalue weighted by Gasteiger charge is 2.41. The highest BCUT2D eigenvalue weighted by Crippen LogP contribution is 2.44. The number of rotatable bonds is 12. The van der Waals surface area contributed by atoms with E-state index in [1.165, 1.54) is 36.8 Å². The molecule has 0 radical (unpaired) electrons. The van der Waals surface area contributed by atoms with Crippen LogP contribution in [0.4, 0.5) is 0 Å². The third kappa shape index (κ3) is 7.25. The lowest BCUT2D eigenvalue weighted by Gasteiger charge is -2.23. The van der Waals surface area contributed by atoms with E-state index in [2.05, 4.69) is 37.3 Å². The number of halogens is 1. The Kier molecular flexibility index (Phi) is 10.1. The number of carboxylic acid groups (broad SMARTS) is 1. The number of aliphatic hydroxyl groups excluding tert-OH is 1. The minimum Gasteiger partial charge on any atom is -0.481 e. The van der Waals surface area contributed by atoms with Gasteiger partial charge in [-0.05, 0) is 55.6 Å². The topological polar surface area (TPSA) is 57.5 Å². The molecule has 0 aliphatic heterocycles. The normalized spacial score (nSPS) is 24.8. The zero-order chi connectivity index (χ0) is 20.4. The zero-order valence-corrected chi connectivity index (χ0v) is 17.8. The van der Waals surface area contributed by atoms with Gasteiger partial charge in [0.1, 0.15) is 0 Å². The first kappa shape index (κ1) is 23.0. The number of unbranched alkanes of at least 4 members (excludes halogenated alkanes) is 4. The number of benzene rings is 1. The number of aliphatic hydroxyl groups is 1. The summed E-state index contributed by atoms with van der Waals surface area (Å²) in [6.07, 6.45) is 13.0. The van der Waals surface area contributed by atoms with Crippen molar-refractivity contribution in [2.24, 2.45) is 5.92 Å². The van der Waals surface area contributed by atoms with Crippen molar-refractivity contribution in [1.29, 1.82) is 0 Å². The summed E-state index contributed by atoms with van der Waals surface area (Å²) >= 11 is 6.56. The smallest absolute Gasteiger partial charge is 0.303 e. The van der Waals surface area contributed by atoms with Crippen molar-refractivity contribution in [3.8, 4) is 0 Å². The quantitative estimate of drug-likeness (QED) is 0.251. The van der Waals surface area contributed by atoms with E-state index < -0.39 is 12.1 Å². The van der Waals surface area contributed by atoms with Crippen molar-refractivity contribution < 1.29 is 15.0 Å². The van der Waals surface area contributed by atoms with Crippen molar-refractivity contribution in [3.63, 3.8) is 0 Å². The first-order valence-corrected chi connectivity index (χ1v) is 11.2. The summed E-state index contributed by atoms with van der Waals surface area (Å²) in [5, 5.41) is 19.2. The largest absolute Gasteiger partial charge is 0.481 e. The Bertz CT molecular complexity index is 611. The molecule has 0 aromatic heterocycles. The van der Waals surface area contributed by atoms with Crippen LogP contribution in [0.1, 0.15) is 81.8 Å². The molecule has 1 unspecified atom stereocenters. The zero-order valence-electron chi connectivity index (χ0n) is 17.0. The molecule has 1 aliphatic rings. The Morgan fingerprint density at radius 1 is 1.14 bits per heavy atom. The van der Waals surface area contributed by atoms with Crippen molar-refractivity contribution >= 4 is 17.6 Å². The molecule has 1 saturated carbocycles. The van der Waals surface area contributed by atoms with Gasteiger partial charge >= 0.3 is 5.97 Å². The van der Waals surface area contributed by atoms with Gasteiger partial charge in [0.25, 0.3) is 0 Å². The minimum absolute atomic E-state index is 0.0302. The van der Waals surface area contributed by atoms with Crippen LogP contribution in [-0.4, -0.2) is 27.7 Å². The monoisotopic (exact) mass is 406 g/mol. The van der Waals surface area contributed by atoms with Gasteiger partial charge in [-0.1, -0.05) is 62.6 Å². The van der Waals surface area contributed by atoms with Gasteiger partial charge in [-0.3, -0.25) is 4.79 Å². The molecule has 0 saturated heterocycles. The molecule has 1 aromatic carbocycles. The summed E-state index contributed by atoms with van der Waals surface area (Å²) in [4.78, 5) is 10.6. The average molecular weight is 407 g/mol. The van der Waals surface area contributed by atoms with Crippen molar-refractivity contribution in [2.75, 3.05) is 0 Å². The van der Waals surface area contributed by atoms with Crippen LogP contribution < -0.4 is 0 Å². The Morgan fingerprint density at radius 2 is 1.89 bits per heavy atom. The highest BCUT2D eigenvalue weighted by atomic mass is 35.5. The molecule has 4 atom stereocenters. The molecule has 2 N–H and O–H groups in total. The fourth-order valence-electron chi connectivity index (χ4n) is 4.23. The predicted molar refractivity (Wildman–Crippen MR) is 116 cm³/mol. The van der Waals surface area contributed by atoms with E-state index in [1.54, 1.807) is 0 Å². The molecule has 3 nitrogen and oxygen atoms in total. The van der Waals surface area contributed by atoms with Gasteiger partial charge < -0.3 is 10.2 Å². The molecule has 1 fully saturated rings. The molecule has 1 aromatic rings. The second-order valence-electron chi connectivity index (χ2n) is 8.05. The van der Waals surface area contributed by atoms with Gasteiger partial charge in [0, 0.05) is 17.7 Å². The van der Waals surface area contributed by atoms with Crippen LogP contribution >= 0.6 is 11.6 Å². The van der Waals surface area contributed by atoms with Crippen LogP contribution in [0.5, 0.6) is 0 Å². The Morgan fingerprint density at radius 3 is 2.57 bits per heavy atom. The van der Waals surface area contributed by atoms with Crippen molar-refractivity contribution in [3.05, 3.63) is 47.5 Å². The SMILES string of the molecule is CCCCCCc1ccc([C@H]2C(O)C[C@@H](Cl)[C@@H]2CC=CCCCC(=O)O)cc1.